The summed E-state index contributed by atoms with van der Waals surface area (Å²) < 4.78 is 5.36. The van der Waals surface area contributed by atoms with Crippen molar-refractivity contribution in [1.82, 2.24) is 10.2 Å². The molecule has 0 aliphatic rings. The minimum absolute atomic E-state index is 0.368. The standard InChI is InChI=1S/C33H49N3O5/c1-20(2)14-16-25(7)36(31(39)27(19-37)34-32(40)41-33(8,9)10)29(26-17-15-21(3)18-24(26)6)30(38)35-28-22(4)12-11-13-23(28)5/h11-13,15,17-18,20,25,27,29,37H,14,16,19H2,1-10H3,(H,34,40)(H,35,38). The van der Waals surface area contributed by atoms with Crippen LogP contribution in [-0.4, -0.2) is 52.2 Å². The molecule has 0 heterocycles. The fourth-order valence-electron chi connectivity index (χ4n) is 4.88. The summed E-state index contributed by atoms with van der Waals surface area (Å²) in [5, 5.41) is 15.9. The van der Waals surface area contributed by atoms with Crippen molar-refractivity contribution in [2.75, 3.05) is 11.9 Å². The lowest BCUT2D eigenvalue weighted by Crippen LogP contribution is -2.56. The summed E-state index contributed by atoms with van der Waals surface area (Å²) in [5.41, 5.74) is 4.29. The largest absolute Gasteiger partial charge is 0.444 e. The molecule has 3 atom stereocenters. The lowest BCUT2D eigenvalue weighted by molar-refractivity contribution is -0.144. The molecule has 3 unspecified atom stereocenters. The van der Waals surface area contributed by atoms with Crippen LogP contribution < -0.4 is 10.6 Å². The second kappa shape index (κ2) is 14.5. The lowest BCUT2D eigenvalue weighted by atomic mass is 9.93. The number of anilines is 1. The molecule has 8 heteroatoms. The van der Waals surface area contributed by atoms with Gasteiger partial charge in [0.1, 0.15) is 17.7 Å². The van der Waals surface area contributed by atoms with Crippen LogP contribution in [0, 0.1) is 33.6 Å². The Labute approximate surface area is 245 Å². The SMILES string of the molecule is Cc1ccc(C(C(=O)Nc2c(C)cccc2C)N(C(=O)C(CO)NC(=O)OC(C)(C)C)C(C)CCC(C)C)c(C)c1. The molecule has 0 spiro atoms. The van der Waals surface area contributed by atoms with E-state index in [1.807, 2.05) is 71.0 Å². The van der Waals surface area contributed by atoms with Crippen LogP contribution in [0.2, 0.25) is 0 Å². The van der Waals surface area contributed by atoms with Crippen LogP contribution in [0.3, 0.4) is 0 Å². The Bertz CT molecular complexity index is 1200. The zero-order chi connectivity index (χ0) is 31.1. The number of ether oxygens (including phenoxy) is 1. The molecule has 2 rings (SSSR count). The summed E-state index contributed by atoms with van der Waals surface area (Å²) in [6, 6.07) is 8.87. The van der Waals surface area contributed by atoms with Crippen molar-refractivity contribution in [3.05, 3.63) is 64.2 Å². The maximum atomic E-state index is 14.3. The molecule has 3 amide bonds. The number of benzene rings is 2. The van der Waals surface area contributed by atoms with Gasteiger partial charge in [-0.1, -0.05) is 55.8 Å². The van der Waals surface area contributed by atoms with Gasteiger partial charge in [-0.05, 0) is 96.4 Å². The number of carbonyl (C=O) groups excluding carboxylic acids is 3. The van der Waals surface area contributed by atoms with Crippen LogP contribution in [0.15, 0.2) is 36.4 Å². The molecular formula is C33H49N3O5. The van der Waals surface area contributed by atoms with Gasteiger partial charge in [-0.25, -0.2) is 4.79 Å². The van der Waals surface area contributed by atoms with Gasteiger partial charge in [0.05, 0.1) is 6.61 Å². The Morgan fingerprint density at radius 3 is 2.05 bits per heavy atom. The highest BCUT2D eigenvalue weighted by Gasteiger charge is 2.39. The van der Waals surface area contributed by atoms with E-state index in [2.05, 4.69) is 24.5 Å². The third-order valence-corrected chi connectivity index (χ3v) is 7.04. The highest BCUT2D eigenvalue weighted by Crippen LogP contribution is 2.32. The van der Waals surface area contributed by atoms with Crippen molar-refractivity contribution in [2.24, 2.45) is 5.92 Å². The van der Waals surface area contributed by atoms with Gasteiger partial charge in [-0.2, -0.15) is 0 Å². The van der Waals surface area contributed by atoms with Gasteiger partial charge in [-0.15, -0.1) is 0 Å². The third-order valence-electron chi connectivity index (χ3n) is 7.04. The topological polar surface area (TPSA) is 108 Å². The zero-order valence-electron chi connectivity index (χ0n) is 26.4. The van der Waals surface area contributed by atoms with Crippen molar-refractivity contribution in [3.8, 4) is 0 Å². The van der Waals surface area contributed by atoms with E-state index >= 15 is 0 Å². The van der Waals surface area contributed by atoms with Crippen molar-refractivity contribution >= 4 is 23.6 Å². The zero-order valence-corrected chi connectivity index (χ0v) is 26.4. The molecule has 0 bridgehead atoms. The molecule has 0 aliphatic heterocycles. The number of amides is 3. The van der Waals surface area contributed by atoms with Crippen LogP contribution in [0.4, 0.5) is 10.5 Å². The van der Waals surface area contributed by atoms with Crippen molar-refractivity contribution in [1.29, 1.82) is 0 Å². The summed E-state index contributed by atoms with van der Waals surface area (Å²) in [6.07, 6.45) is 0.640. The van der Waals surface area contributed by atoms with Gasteiger partial charge in [0.25, 0.3) is 5.91 Å². The number of nitrogens with one attached hydrogen (secondary N) is 2. The third kappa shape index (κ3) is 9.59. The van der Waals surface area contributed by atoms with E-state index in [-0.39, 0.29) is 11.9 Å². The van der Waals surface area contributed by atoms with E-state index in [1.54, 1.807) is 20.8 Å². The second-order valence-corrected chi connectivity index (χ2v) is 12.5. The number of hydrogen-bond acceptors (Lipinski definition) is 5. The number of aryl methyl sites for hydroxylation is 4. The molecule has 0 saturated heterocycles. The van der Waals surface area contributed by atoms with Gasteiger partial charge in [-0.3, -0.25) is 9.59 Å². The molecule has 2 aromatic carbocycles. The van der Waals surface area contributed by atoms with Crippen LogP contribution in [0.5, 0.6) is 0 Å². The number of para-hydroxylation sites is 1. The molecule has 3 N–H and O–H groups in total. The van der Waals surface area contributed by atoms with Crippen LogP contribution >= 0.6 is 0 Å². The molecule has 226 valence electrons. The number of carbonyl (C=O) groups is 3. The number of aliphatic hydroxyl groups is 1. The monoisotopic (exact) mass is 567 g/mol. The maximum Gasteiger partial charge on any atom is 0.408 e. The minimum atomic E-state index is -1.30. The Hall–Kier alpha value is -3.39. The van der Waals surface area contributed by atoms with Gasteiger partial charge in [0.2, 0.25) is 5.91 Å². The van der Waals surface area contributed by atoms with Gasteiger partial charge >= 0.3 is 6.09 Å². The predicted octanol–water partition coefficient (Wildman–Crippen LogP) is 6.14. The van der Waals surface area contributed by atoms with Gasteiger partial charge in [0, 0.05) is 11.7 Å². The lowest BCUT2D eigenvalue weighted by Gasteiger charge is -2.39. The molecule has 8 nitrogen and oxygen atoms in total. The quantitative estimate of drug-likeness (QED) is 0.302. The van der Waals surface area contributed by atoms with Crippen LogP contribution in [-0.2, 0) is 14.3 Å². The highest BCUT2D eigenvalue weighted by atomic mass is 16.6. The Kier molecular flexibility index (Phi) is 11.9. The van der Waals surface area contributed by atoms with E-state index in [0.717, 1.165) is 28.7 Å². The van der Waals surface area contributed by atoms with Crippen molar-refractivity contribution < 1.29 is 24.2 Å². The Morgan fingerprint density at radius 1 is 0.927 bits per heavy atom. The van der Waals surface area contributed by atoms with Crippen molar-refractivity contribution in [3.63, 3.8) is 0 Å². The second-order valence-electron chi connectivity index (χ2n) is 12.5. The predicted molar refractivity (Wildman–Crippen MR) is 164 cm³/mol. The first-order valence-corrected chi connectivity index (χ1v) is 14.4. The fraction of sp³-hybridized carbons (Fsp3) is 0.545. The van der Waals surface area contributed by atoms with Gasteiger partial charge in [0.15, 0.2) is 0 Å². The van der Waals surface area contributed by atoms with Crippen LogP contribution in [0.1, 0.15) is 88.2 Å². The first-order chi connectivity index (χ1) is 19.0. The molecule has 41 heavy (non-hydrogen) atoms. The highest BCUT2D eigenvalue weighted by molar-refractivity contribution is 6.00. The summed E-state index contributed by atoms with van der Waals surface area (Å²) in [4.78, 5) is 42.7. The summed E-state index contributed by atoms with van der Waals surface area (Å²) in [7, 11) is 0. The van der Waals surface area contributed by atoms with Crippen molar-refractivity contribution in [2.45, 2.75) is 106 Å². The number of aliphatic hydroxyl groups excluding tert-OH is 1. The smallest absolute Gasteiger partial charge is 0.408 e. The molecule has 2 aromatic rings. The molecular weight excluding hydrogens is 518 g/mol. The number of alkyl carbamates (subject to hydrolysis) is 1. The first kappa shape index (κ1) is 33.8. The number of hydrogen-bond donors (Lipinski definition) is 3. The minimum Gasteiger partial charge on any atom is -0.444 e. The van der Waals surface area contributed by atoms with E-state index in [1.165, 1.54) is 4.90 Å². The van der Waals surface area contributed by atoms with E-state index in [9.17, 15) is 19.5 Å². The fourth-order valence-corrected chi connectivity index (χ4v) is 4.88. The average molecular weight is 568 g/mol. The number of rotatable bonds is 11. The first-order valence-electron chi connectivity index (χ1n) is 14.4. The Balaban J connectivity index is 2.66. The summed E-state index contributed by atoms with van der Waals surface area (Å²) >= 11 is 0. The van der Waals surface area contributed by atoms with Crippen LogP contribution in [0.25, 0.3) is 0 Å². The molecule has 0 fully saturated rings. The molecule has 0 aliphatic carbocycles. The number of nitrogens with zero attached hydrogens (tertiary/aromatic N) is 1. The normalized spacial score (nSPS) is 13.8. The van der Waals surface area contributed by atoms with E-state index < -0.39 is 36.3 Å². The molecule has 0 radical (unpaired) electrons. The van der Waals surface area contributed by atoms with Gasteiger partial charge < -0.3 is 25.4 Å². The van der Waals surface area contributed by atoms with E-state index in [4.69, 9.17) is 4.74 Å². The summed E-state index contributed by atoms with van der Waals surface area (Å²) in [6.45, 7) is 18.4. The summed E-state index contributed by atoms with van der Waals surface area (Å²) in [5.74, 6) is -0.546. The average Bonchev–Trinajstić information content (AvgIpc) is 2.85. The maximum absolute atomic E-state index is 14.3. The Morgan fingerprint density at radius 2 is 1.54 bits per heavy atom. The van der Waals surface area contributed by atoms with E-state index in [0.29, 0.717) is 23.6 Å². The molecule has 0 aromatic heterocycles. The molecule has 0 saturated carbocycles.